The quantitative estimate of drug-likeness (QED) is 0.891. The number of benzene rings is 1. The summed E-state index contributed by atoms with van der Waals surface area (Å²) in [6.45, 7) is 4.19. The van der Waals surface area contributed by atoms with Crippen molar-refractivity contribution in [2.45, 2.75) is 32.2 Å². The Balaban J connectivity index is 2.40. The van der Waals surface area contributed by atoms with Crippen LogP contribution in [-0.2, 0) is 4.79 Å². The van der Waals surface area contributed by atoms with Crippen LogP contribution < -0.4 is 9.47 Å². The Morgan fingerprint density at radius 3 is 2.70 bits per heavy atom. The summed E-state index contributed by atoms with van der Waals surface area (Å²) in [7, 11) is 1.46. The molecule has 23 heavy (non-hydrogen) atoms. The lowest BCUT2D eigenvalue weighted by molar-refractivity contribution is -0.147. The predicted molar refractivity (Wildman–Crippen MR) is 85.5 cm³/mol. The fraction of sp³-hybridized carbons (Fsp3) is 0.500. The Morgan fingerprint density at radius 2 is 2.13 bits per heavy atom. The first-order valence-corrected chi connectivity index (χ1v) is 7.78. The zero-order valence-corrected chi connectivity index (χ0v) is 14.1. The van der Waals surface area contributed by atoms with Crippen LogP contribution in [0.5, 0.6) is 11.5 Å². The fourth-order valence-corrected chi connectivity index (χ4v) is 3.06. The molecule has 1 aromatic rings. The van der Waals surface area contributed by atoms with Gasteiger partial charge in [-0.25, -0.2) is 4.79 Å². The molecule has 1 atom stereocenters. The number of methoxy groups -OCH3 is 1. The normalized spacial score (nSPS) is 20.4. The van der Waals surface area contributed by atoms with Gasteiger partial charge in [-0.1, -0.05) is 11.6 Å². The maximum atomic E-state index is 12.8. The Hall–Kier alpha value is -1.95. The number of hydrogen-bond donors (Lipinski definition) is 1. The maximum absolute atomic E-state index is 12.8. The number of ether oxygens (including phenoxy) is 2. The van der Waals surface area contributed by atoms with Gasteiger partial charge in [0.1, 0.15) is 5.54 Å². The van der Waals surface area contributed by atoms with E-state index >= 15 is 0 Å². The largest absolute Gasteiger partial charge is 0.493 e. The summed E-state index contributed by atoms with van der Waals surface area (Å²) in [5, 5.41) is 9.70. The van der Waals surface area contributed by atoms with E-state index in [4.69, 9.17) is 21.1 Å². The zero-order chi connectivity index (χ0) is 17.2. The third kappa shape index (κ3) is 3.08. The number of aliphatic carboxylic acids is 1. The minimum absolute atomic E-state index is 0.255. The van der Waals surface area contributed by atoms with Gasteiger partial charge in [-0.3, -0.25) is 4.79 Å². The van der Waals surface area contributed by atoms with E-state index < -0.39 is 11.5 Å². The topological polar surface area (TPSA) is 76.1 Å². The van der Waals surface area contributed by atoms with E-state index in [9.17, 15) is 14.7 Å². The summed E-state index contributed by atoms with van der Waals surface area (Å²) in [5.74, 6) is -0.669. The maximum Gasteiger partial charge on any atom is 0.329 e. The van der Waals surface area contributed by atoms with Crippen molar-refractivity contribution in [3.63, 3.8) is 0 Å². The molecule has 2 rings (SSSR count). The first kappa shape index (κ1) is 17.4. The van der Waals surface area contributed by atoms with Crippen molar-refractivity contribution in [3.8, 4) is 11.5 Å². The standard InChI is InChI=1S/C16H20ClNO5/c1-4-23-13-11(17)8-10(9-12(13)22-3)14(19)18-7-5-6-16(18,2)15(20)21/h8-9H,4-7H2,1-3H3,(H,20,21). The van der Waals surface area contributed by atoms with Crippen molar-refractivity contribution in [3.05, 3.63) is 22.7 Å². The molecule has 126 valence electrons. The van der Waals surface area contributed by atoms with Crippen LogP contribution in [0, 0.1) is 0 Å². The number of carboxylic acid groups (broad SMARTS) is 1. The summed E-state index contributed by atoms with van der Waals surface area (Å²) in [6, 6.07) is 3.01. The van der Waals surface area contributed by atoms with E-state index in [2.05, 4.69) is 0 Å². The third-order valence-corrected chi connectivity index (χ3v) is 4.39. The van der Waals surface area contributed by atoms with E-state index in [0.29, 0.717) is 37.5 Å². The van der Waals surface area contributed by atoms with Crippen LogP contribution in [0.3, 0.4) is 0 Å². The van der Waals surface area contributed by atoms with Crippen LogP contribution in [0.15, 0.2) is 12.1 Å². The molecule has 1 saturated heterocycles. The molecule has 1 aromatic carbocycles. The van der Waals surface area contributed by atoms with Gasteiger partial charge in [0.05, 0.1) is 18.7 Å². The highest BCUT2D eigenvalue weighted by atomic mass is 35.5. The Labute approximate surface area is 139 Å². The number of carbonyl (C=O) groups is 2. The molecule has 1 N–H and O–H groups in total. The molecule has 1 fully saturated rings. The van der Waals surface area contributed by atoms with Crippen molar-refractivity contribution >= 4 is 23.5 Å². The molecule has 1 heterocycles. The van der Waals surface area contributed by atoms with Crippen molar-refractivity contribution < 1.29 is 24.2 Å². The smallest absolute Gasteiger partial charge is 0.329 e. The minimum Gasteiger partial charge on any atom is -0.493 e. The Bertz CT molecular complexity index is 633. The van der Waals surface area contributed by atoms with Crippen molar-refractivity contribution in [1.82, 2.24) is 4.90 Å². The second-order valence-corrected chi connectivity index (χ2v) is 5.97. The summed E-state index contributed by atoms with van der Waals surface area (Å²) < 4.78 is 10.7. The molecule has 1 amide bonds. The number of nitrogens with zero attached hydrogens (tertiary/aromatic N) is 1. The zero-order valence-electron chi connectivity index (χ0n) is 13.4. The summed E-state index contributed by atoms with van der Waals surface area (Å²) >= 11 is 6.18. The molecule has 0 aromatic heterocycles. The molecule has 6 nitrogen and oxygen atoms in total. The molecule has 1 aliphatic heterocycles. The number of rotatable bonds is 5. The van der Waals surface area contributed by atoms with E-state index in [1.165, 1.54) is 24.1 Å². The van der Waals surface area contributed by atoms with Crippen molar-refractivity contribution in [2.24, 2.45) is 0 Å². The second-order valence-electron chi connectivity index (χ2n) is 5.56. The van der Waals surface area contributed by atoms with Gasteiger partial charge in [-0.05, 0) is 38.8 Å². The minimum atomic E-state index is -1.20. The number of amides is 1. The number of carbonyl (C=O) groups excluding carboxylic acids is 1. The van der Waals surface area contributed by atoms with Gasteiger partial charge in [0.15, 0.2) is 11.5 Å². The summed E-state index contributed by atoms with van der Waals surface area (Å²) in [4.78, 5) is 25.7. The molecule has 0 aliphatic carbocycles. The van der Waals surface area contributed by atoms with E-state index in [-0.39, 0.29) is 16.5 Å². The average molecular weight is 342 g/mol. The molecule has 0 saturated carbocycles. The highest BCUT2D eigenvalue weighted by Crippen LogP contribution is 2.38. The number of halogens is 1. The van der Waals surface area contributed by atoms with Crippen LogP contribution in [0.25, 0.3) is 0 Å². The van der Waals surface area contributed by atoms with Gasteiger partial charge in [0.25, 0.3) is 5.91 Å². The molecular formula is C16H20ClNO5. The third-order valence-electron chi connectivity index (χ3n) is 4.11. The molecule has 1 aliphatic rings. The van der Waals surface area contributed by atoms with Gasteiger partial charge in [-0.15, -0.1) is 0 Å². The van der Waals surface area contributed by atoms with Crippen LogP contribution in [0.4, 0.5) is 0 Å². The molecular weight excluding hydrogens is 322 g/mol. The fourth-order valence-electron chi connectivity index (χ4n) is 2.79. The van der Waals surface area contributed by atoms with Gasteiger partial charge < -0.3 is 19.5 Å². The molecule has 1 unspecified atom stereocenters. The van der Waals surface area contributed by atoms with Crippen LogP contribution in [0.2, 0.25) is 5.02 Å². The van der Waals surface area contributed by atoms with Crippen molar-refractivity contribution in [2.75, 3.05) is 20.3 Å². The van der Waals surface area contributed by atoms with E-state index in [0.717, 1.165) is 0 Å². The number of carboxylic acids is 1. The predicted octanol–water partition coefficient (Wildman–Crippen LogP) is 2.83. The lowest BCUT2D eigenvalue weighted by Gasteiger charge is -2.31. The molecule has 0 spiro atoms. The van der Waals surface area contributed by atoms with Gasteiger partial charge in [-0.2, -0.15) is 0 Å². The van der Waals surface area contributed by atoms with Gasteiger partial charge in [0.2, 0.25) is 0 Å². The Kier molecular flexibility index (Phi) is 5.04. The SMILES string of the molecule is CCOc1c(Cl)cc(C(=O)N2CCCC2(C)C(=O)O)cc1OC. The first-order chi connectivity index (χ1) is 10.8. The van der Waals surface area contributed by atoms with Crippen LogP contribution in [-0.4, -0.2) is 47.7 Å². The summed E-state index contributed by atoms with van der Waals surface area (Å²) in [5.41, 5.74) is -0.917. The van der Waals surface area contributed by atoms with E-state index in [1.54, 1.807) is 6.92 Å². The second kappa shape index (κ2) is 6.66. The lowest BCUT2D eigenvalue weighted by Crippen LogP contribution is -2.50. The average Bonchev–Trinajstić information content (AvgIpc) is 2.91. The molecule has 0 radical (unpaired) electrons. The first-order valence-electron chi connectivity index (χ1n) is 7.40. The lowest BCUT2D eigenvalue weighted by atomic mass is 9.98. The highest BCUT2D eigenvalue weighted by Gasteiger charge is 2.46. The molecule has 7 heteroatoms. The van der Waals surface area contributed by atoms with E-state index in [1.807, 2.05) is 6.92 Å². The number of hydrogen-bond acceptors (Lipinski definition) is 4. The molecule has 0 bridgehead atoms. The van der Waals surface area contributed by atoms with Crippen molar-refractivity contribution in [1.29, 1.82) is 0 Å². The number of likely N-dealkylation sites (tertiary alicyclic amines) is 1. The van der Waals surface area contributed by atoms with Crippen LogP contribution in [0.1, 0.15) is 37.0 Å². The summed E-state index contributed by atoms with van der Waals surface area (Å²) in [6.07, 6.45) is 1.08. The highest BCUT2D eigenvalue weighted by molar-refractivity contribution is 6.32. The van der Waals surface area contributed by atoms with Gasteiger partial charge >= 0.3 is 5.97 Å². The Morgan fingerprint density at radius 1 is 1.43 bits per heavy atom. The van der Waals surface area contributed by atoms with Crippen LogP contribution >= 0.6 is 11.6 Å². The monoisotopic (exact) mass is 341 g/mol. The van der Waals surface area contributed by atoms with Gasteiger partial charge in [0, 0.05) is 12.1 Å².